The zero-order chi connectivity index (χ0) is 43.6. The van der Waals surface area contributed by atoms with E-state index in [0.717, 1.165) is 22.7 Å². The molecule has 0 saturated heterocycles. The van der Waals surface area contributed by atoms with Gasteiger partial charge in [-0.1, -0.05) is 182 Å². The van der Waals surface area contributed by atoms with Crippen LogP contribution in [0.3, 0.4) is 0 Å². The predicted molar refractivity (Wildman–Crippen MR) is 279 cm³/mol. The highest BCUT2D eigenvalue weighted by Crippen LogP contribution is 2.61. The van der Waals surface area contributed by atoms with Gasteiger partial charge in [0.15, 0.2) is 0 Å². The first-order chi connectivity index (χ1) is 32.7. The van der Waals surface area contributed by atoms with E-state index in [4.69, 9.17) is 0 Å². The number of benzene rings is 10. The molecule has 10 aromatic carbocycles. The number of aromatic nitrogens is 1. The molecule has 0 unspecified atom stereocenters. The van der Waals surface area contributed by atoms with Gasteiger partial charge in [-0.25, -0.2) is 0 Å². The molecule has 13 rings (SSSR count). The minimum atomic E-state index is -0.535. The molecule has 2 heterocycles. The highest BCUT2D eigenvalue weighted by atomic mass is 32.1. The van der Waals surface area contributed by atoms with Gasteiger partial charge in [0.25, 0.3) is 0 Å². The van der Waals surface area contributed by atoms with Crippen molar-refractivity contribution in [3.8, 4) is 38.4 Å². The molecule has 2 nitrogen and oxygen atoms in total. The second-order valence-corrected chi connectivity index (χ2v) is 18.3. The van der Waals surface area contributed by atoms with Crippen molar-refractivity contribution in [2.75, 3.05) is 4.90 Å². The fourth-order valence-electron chi connectivity index (χ4n) is 10.8. The van der Waals surface area contributed by atoms with Gasteiger partial charge in [-0.15, -0.1) is 11.3 Å². The molecule has 310 valence electrons. The zero-order valence-corrected chi connectivity index (χ0v) is 36.9. The Labute approximate surface area is 388 Å². The molecular weight excluding hydrogens is 817 g/mol. The van der Waals surface area contributed by atoms with Crippen molar-refractivity contribution in [2.24, 2.45) is 0 Å². The third-order valence-corrected chi connectivity index (χ3v) is 14.9. The monoisotopic (exact) mass is 858 g/mol. The molecule has 0 amide bonds. The van der Waals surface area contributed by atoms with Crippen molar-refractivity contribution in [1.29, 1.82) is 0 Å². The van der Waals surface area contributed by atoms with Crippen molar-refractivity contribution < 1.29 is 0 Å². The number of fused-ring (bicyclic) bond motifs is 8. The third kappa shape index (κ3) is 5.94. The molecule has 3 heteroatoms. The van der Waals surface area contributed by atoms with Crippen LogP contribution in [0.4, 0.5) is 17.1 Å². The predicted octanol–water partition coefficient (Wildman–Crippen LogP) is 17.2. The van der Waals surface area contributed by atoms with E-state index in [1.165, 1.54) is 86.8 Å². The maximum absolute atomic E-state index is 2.48. The van der Waals surface area contributed by atoms with Crippen LogP contribution >= 0.6 is 11.3 Å². The van der Waals surface area contributed by atoms with E-state index in [1.807, 2.05) is 11.3 Å². The van der Waals surface area contributed by atoms with E-state index in [2.05, 4.69) is 264 Å². The van der Waals surface area contributed by atoms with Crippen LogP contribution < -0.4 is 4.90 Å². The van der Waals surface area contributed by atoms with Crippen LogP contribution in [0, 0.1) is 0 Å². The van der Waals surface area contributed by atoms with Crippen LogP contribution in [-0.4, -0.2) is 4.57 Å². The lowest BCUT2D eigenvalue weighted by Gasteiger charge is -2.35. The summed E-state index contributed by atoms with van der Waals surface area (Å²) in [5, 5.41) is 3.81. The van der Waals surface area contributed by atoms with Gasteiger partial charge < -0.3 is 9.47 Å². The summed E-state index contributed by atoms with van der Waals surface area (Å²) in [6.45, 7) is 0. The van der Waals surface area contributed by atoms with Crippen LogP contribution in [0.25, 0.3) is 70.3 Å². The Morgan fingerprint density at radius 3 is 1.65 bits per heavy atom. The number of nitrogens with zero attached hydrogens (tertiary/aromatic N) is 2. The fourth-order valence-corrected chi connectivity index (χ4v) is 12.1. The molecule has 12 aromatic rings. The molecule has 1 aliphatic carbocycles. The van der Waals surface area contributed by atoms with Crippen LogP contribution in [0.5, 0.6) is 0 Å². The first-order valence-electron chi connectivity index (χ1n) is 22.7. The minimum absolute atomic E-state index is 0.535. The Hall–Kier alpha value is -8.24. The SMILES string of the molecule is c1ccc(-c2cccc(N(c3ccc(-c4ccc5c(c4)c4ccccc4n5-c4ccccc4)cc3)c3ccc4c(c3)C(c3ccccc3)(c3ccccc3)c3c-4sc4ccccc34)c2)cc1. The van der Waals surface area contributed by atoms with Gasteiger partial charge in [-0.2, -0.15) is 0 Å². The summed E-state index contributed by atoms with van der Waals surface area (Å²) in [6.07, 6.45) is 0. The van der Waals surface area contributed by atoms with E-state index in [9.17, 15) is 0 Å². The largest absolute Gasteiger partial charge is 0.310 e. The van der Waals surface area contributed by atoms with Crippen LogP contribution in [-0.2, 0) is 5.41 Å². The molecule has 2 aromatic heterocycles. The molecular formula is C63H42N2S. The number of rotatable bonds is 8. The number of thiophene rings is 1. The van der Waals surface area contributed by atoms with Gasteiger partial charge >= 0.3 is 0 Å². The normalized spacial score (nSPS) is 12.7. The topological polar surface area (TPSA) is 8.17 Å². The number of hydrogen-bond acceptors (Lipinski definition) is 2. The summed E-state index contributed by atoms with van der Waals surface area (Å²) in [5.41, 5.74) is 17.6. The smallest absolute Gasteiger partial charge is 0.0728 e. The number of para-hydroxylation sites is 2. The summed E-state index contributed by atoms with van der Waals surface area (Å²) in [7, 11) is 0. The fraction of sp³-hybridized carbons (Fsp3) is 0.0159. The summed E-state index contributed by atoms with van der Waals surface area (Å²) in [6, 6.07) is 93.6. The van der Waals surface area contributed by atoms with Gasteiger partial charge in [0.05, 0.1) is 16.4 Å². The van der Waals surface area contributed by atoms with Crippen molar-refractivity contribution in [1.82, 2.24) is 4.57 Å². The highest BCUT2D eigenvalue weighted by Gasteiger charge is 2.48. The van der Waals surface area contributed by atoms with Gasteiger partial charge in [0.1, 0.15) is 0 Å². The molecule has 0 saturated carbocycles. The Morgan fingerprint density at radius 2 is 0.909 bits per heavy atom. The van der Waals surface area contributed by atoms with Crippen LogP contribution in [0.15, 0.2) is 255 Å². The van der Waals surface area contributed by atoms with Gasteiger partial charge in [0.2, 0.25) is 0 Å². The Bertz CT molecular complexity index is 3700. The van der Waals surface area contributed by atoms with E-state index >= 15 is 0 Å². The molecule has 0 atom stereocenters. The molecule has 0 N–H and O–H groups in total. The minimum Gasteiger partial charge on any atom is -0.310 e. The molecule has 66 heavy (non-hydrogen) atoms. The second kappa shape index (κ2) is 15.5. The third-order valence-electron chi connectivity index (χ3n) is 13.7. The maximum Gasteiger partial charge on any atom is 0.0728 e. The average molecular weight is 859 g/mol. The van der Waals surface area contributed by atoms with Gasteiger partial charge in [0, 0.05) is 43.1 Å². The second-order valence-electron chi connectivity index (χ2n) is 17.2. The van der Waals surface area contributed by atoms with E-state index < -0.39 is 5.41 Å². The standard InChI is InChI=1S/C63H42N2S/c1-5-18-43(19-6-1)45-20-17-27-51(40-45)64(50-35-32-44(33-36-50)46-34-39-59-56(41-46)53-28-13-15-30-58(53)65(59)49-25-11-4-12-26-49)52-37-38-54-57(42-52)63(47-21-7-2-8-22-47,48-23-9-3-10-24-48)61-55-29-14-16-31-60(55)66-62(54)61/h1-42H. The highest BCUT2D eigenvalue weighted by molar-refractivity contribution is 7.22. The van der Waals surface area contributed by atoms with Crippen molar-refractivity contribution >= 4 is 60.3 Å². The molecule has 0 spiro atoms. The lowest BCUT2D eigenvalue weighted by molar-refractivity contribution is 0.776. The summed E-state index contributed by atoms with van der Waals surface area (Å²) < 4.78 is 3.69. The van der Waals surface area contributed by atoms with Gasteiger partial charge in [-0.3, -0.25) is 0 Å². The lowest BCUT2D eigenvalue weighted by Crippen LogP contribution is -2.28. The van der Waals surface area contributed by atoms with E-state index in [1.54, 1.807) is 0 Å². The molecule has 0 bridgehead atoms. The lowest BCUT2D eigenvalue weighted by atomic mass is 9.67. The van der Waals surface area contributed by atoms with Crippen LogP contribution in [0.2, 0.25) is 0 Å². The first-order valence-corrected chi connectivity index (χ1v) is 23.5. The maximum atomic E-state index is 2.48. The summed E-state index contributed by atoms with van der Waals surface area (Å²) >= 11 is 1.91. The summed E-state index contributed by atoms with van der Waals surface area (Å²) in [4.78, 5) is 3.79. The Morgan fingerprint density at radius 1 is 0.364 bits per heavy atom. The Kier molecular flexibility index (Phi) is 8.97. The van der Waals surface area contributed by atoms with Crippen molar-refractivity contribution in [3.05, 3.63) is 277 Å². The molecule has 0 radical (unpaired) electrons. The molecule has 1 aliphatic rings. The van der Waals surface area contributed by atoms with E-state index in [-0.39, 0.29) is 0 Å². The first kappa shape index (κ1) is 38.2. The molecule has 0 aliphatic heterocycles. The van der Waals surface area contributed by atoms with Crippen molar-refractivity contribution in [3.63, 3.8) is 0 Å². The zero-order valence-electron chi connectivity index (χ0n) is 36.1. The quantitative estimate of drug-likeness (QED) is 0.148. The molecule has 0 fully saturated rings. The van der Waals surface area contributed by atoms with Gasteiger partial charge in [-0.05, 0) is 128 Å². The summed E-state index contributed by atoms with van der Waals surface area (Å²) in [5.74, 6) is 0. The van der Waals surface area contributed by atoms with Crippen LogP contribution in [0.1, 0.15) is 22.3 Å². The van der Waals surface area contributed by atoms with E-state index in [0.29, 0.717) is 0 Å². The average Bonchev–Trinajstić information content (AvgIpc) is 4.04. The number of hydrogen-bond donors (Lipinski definition) is 0. The Balaban J connectivity index is 0.996. The van der Waals surface area contributed by atoms with Crippen molar-refractivity contribution in [2.45, 2.75) is 5.41 Å². The number of anilines is 3.